The van der Waals surface area contributed by atoms with Gasteiger partial charge in [0, 0.05) is 23.4 Å². The van der Waals surface area contributed by atoms with Crippen molar-refractivity contribution in [2.45, 2.75) is 31.4 Å². The summed E-state index contributed by atoms with van der Waals surface area (Å²) >= 11 is 0. The minimum absolute atomic E-state index is 0.105. The molecule has 2 aliphatic heterocycles. The van der Waals surface area contributed by atoms with Gasteiger partial charge in [0.2, 0.25) is 0 Å². The van der Waals surface area contributed by atoms with E-state index in [2.05, 4.69) is 10.6 Å². The van der Waals surface area contributed by atoms with Crippen molar-refractivity contribution in [2.24, 2.45) is 5.73 Å². The molecule has 2 aliphatic rings. The zero-order valence-electron chi connectivity index (χ0n) is 18.3. The number of hydrogen-bond acceptors (Lipinski definition) is 6. The van der Waals surface area contributed by atoms with E-state index < -0.39 is 35.3 Å². The molecular formula is C23H23N5O6. The summed E-state index contributed by atoms with van der Waals surface area (Å²) in [6.45, 7) is 1.54. The quantitative estimate of drug-likeness (QED) is 0.252. The molecule has 176 valence electrons. The van der Waals surface area contributed by atoms with Gasteiger partial charge in [-0.25, -0.2) is 4.79 Å². The molecule has 0 spiro atoms. The molecule has 0 aliphatic carbocycles. The molecule has 0 unspecified atom stereocenters. The number of likely N-dealkylation sites (tertiary alicyclic amines) is 1. The number of benzene rings is 2. The van der Waals surface area contributed by atoms with Crippen LogP contribution in [-0.4, -0.2) is 57.7 Å². The van der Waals surface area contributed by atoms with Crippen LogP contribution in [-0.2, 0) is 14.4 Å². The molecule has 2 aromatic rings. The summed E-state index contributed by atoms with van der Waals surface area (Å²) in [6.07, 6.45) is 0.841. The van der Waals surface area contributed by atoms with Crippen molar-refractivity contribution in [3.8, 4) is 5.75 Å². The van der Waals surface area contributed by atoms with Crippen molar-refractivity contribution in [1.82, 2.24) is 4.90 Å². The Kier molecular flexibility index (Phi) is 5.70. The maximum atomic E-state index is 13.1. The Hall–Kier alpha value is -4.41. The number of nitrogens with one attached hydrogen (secondary N) is 3. The second kappa shape index (κ2) is 8.50. The number of amidine groups is 1. The maximum absolute atomic E-state index is 13.1. The standard InChI is InChI=1S/C23H23N5O6/c1-23(22(33)28-10-2-3-16(28)20(30)31)21(32)27-15-11-14(8-9-17(15)34-23)26-19(29)13-6-4-12(5-7-13)18(24)25/h4-9,11,16H,2-3,10H2,1H3,(H3,24,25)(H,26,29)(H,27,32)(H,30,31)/t16-,23-/m0/s1. The molecule has 0 bridgehead atoms. The lowest BCUT2D eigenvalue weighted by Gasteiger charge is -2.37. The van der Waals surface area contributed by atoms with Crippen LogP contribution in [0, 0.1) is 5.41 Å². The molecule has 0 radical (unpaired) electrons. The van der Waals surface area contributed by atoms with Gasteiger partial charge in [-0.15, -0.1) is 0 Å². The number of carbonyl (C=O) groups is 4. The van der Waals surface area contributed by atoms with Crippen LogP contribution >= 0.6 is 0 Å². The lowest BCUT2D eigenvalue weighted by Crippen LogP contribution is -2.61. The van der Waals surface area contributed by atoms with Crippen molar-refractivity contribution in [3.63, 3.8) is 0 Å². The topological polar surface area (TPSA) is 175 Å². The molecule has 2 heterocycles. The summed E-state index contributed by atoms with van der Waals surface area (Å²) in [4.78, 5) is 51.1. The Balaban J connectivity index is 1.51. The second-order valence-corrected chi connectivity index (χ2v) is 8.24. The largest absolute Gasteiger partial charge is 0.480 e. The fraction of sp³-hybridized carbons (Fsp3) is 0.261. The highest BCUT2D eigenvalue weighted by molar-refractivity contribution is 6.16. The van der Waals surface area contributed by atoms with Gasteiger partial charge in [0.1, 0.15) is 17.6 Å². The number of carboxylic acid groups (broad SMARTS) is 1. The van der Waals surface area contributed by atoms with E-state index in [1.165, 1.54) is 36.1 Å². The van der Waals surface area contributed by atoms with Crippen LogP contribution in [0.15, 0.2) is 42.5 Å². The molecule has 11 nitrogen and oxygen atoms in total. The molecule has 4 rings (SSSR count). The number of carboxylic acids is 1. The van der Waals surface area contributed by atoms with Crippen LogP contribution in [0.1, 0.15) is 35.7 Å². The average molecular weight is 465 g/mol. The molecule has 1 fully saturated rings. The van der Waals surface area contributed by atoms with Crippen LogP contribution in [0.4, 0.5) is 11.4 Å². The van der Waals surface area contributed by atoms with E-state index in [-0.39, 0.29) is 23.8 Å². The molecular weight excluding hydrogens is 442 g/mol. The number of nitrogens with two attached hydrogens (primary N) is 1. The third kappa shape index (κ3) is 4.03. The maximum Gasteiger partial charge on any atom is 0.326 e. The SMILES string of the molecule is C[C@]1(C(=O)N2CCC[C@H]2C(=O)O)Oc2ccc(NC(=O)c3ccc(C(=N)N)cc3)cc2NC1=O. The molecule has 6 N–H and O–H groups in total. The lowest BCUT2D eigenvalue weighted by molar-refractivity contribution is -0.160. The number of fused-ring (bicyclic) bond motifs is 1. The average Bonchev–Trinajstić information content (AvgIpc) is 3.30. The third-order valence-corrected chi connectivity index (χ3v) is 5.90. The van der Waals surface area contributed by atoms with Crippen molar-refractivity contribution in [2.75, 3.05) is 17.2 Å². The molecule has 2 atom stereocenters. The number of nitrogen functional groups attached to an aromatic ring is 1. The monoisotopic (exact) mass is 465 g/mol. The number of rotatable bonds is 5. The van der Waals surface area contributed by atoms with Crippen LogP contribution in [0.3, 0.4) is 0 Å². The normalized spacial score (nSPS) is 21.1. The minimum atomic E-state index is -1.92. The summed E-state index contributed by atoms with van der Waals surface area (Å²) in [5.74, 6) is -2.87. The highest BCUT2D eigenvalue weighted by Crippen LogP contribution is 2.37. The molecule has 2 aromatic carbocycles. The first-order valence-electron chi connectivity index (χ1n) is 10.5. The number of anilines is 2. The summed E-state index contributed by atoms with van der Waals surface area (Å²) in [5, 5.41) is 22.1. The number of aliphatic carboxylic acids is 1. The molecule has 34 heavy (non-hydrogen) atoms. The Morgan fingerprint density at radius 3 is 2.53 bits per heavy atom. The van der Waals surface area contributed by atoms with Crippen molar-refractivity contribution in [1.29, 1.82) is 5.41 Å². The van der Waals surface area contributed by atoms with E-state index in [0.29, 0.717) is 29.7 Å². The number of carbonyl (C=O) groups excluding carboxylic acids is 3. The van der Waals surface area contributed by atoms with E-state index in [9.17, 15) is 24.3 Å². The van der Waals surface area contributed by atoms with E-state index in [1.807, 2.05) is 0 Å². The van der Waals surface area contributed by atoms with E-state index in [1.54, 1.807) is 18.2 Å². The van der Waals surface area contributed by atoms with E-state index in [4.69, 9.17) is 15.9 Å². The zero-order valence-corrected chi connectivity index (χ0v) is 18.3. The minimum Gasteiger partial charge on any atom is -0.480 e. The van der Waals surface area contributed by atoms with Gasteiger partial charge in [-0.1, -0.05) is 12.1 Å². The first kappa shape index (κ1) is 22.8. The predicted molar refractivity (Wildman–Crippen MR) is 122 cm³/mol. The first-order valence-corrected chi connectivity index (χ1v) is 10.5. The van der Waals surface area contributed by atoms with Crippen molar-refractivity contribution in [3.05, 3.63) is 53.6 Å². The number of nitrogens with zero attached hydrogens (tertiary/aromatic N) is 1. The van der Waals surface area contributed by atoms with Gasteiger partial charge in [0.05, 0.1) is 5.69 Å². The van der Waals surface area contributed by atoms with Crippen LogP contribution in [0.2, 0.25) is 0 Å². The van der Waals surface area contributed by atoms with Gasteiger partial charge >= 0.3 is 5.97 Å². The molecule has 1 saturated heterocycles. The summed E-state index contributed by atoms with van der Waals surface area (Å²) in [5.41, 5.74) is 4.97. The Labute approximate surface area is 194 Å². The van der Waals surface area contributed by atoms with Gasteiger partial charge in [-0.2, -0.15) is 0 Å². The second-order valence-electron chi connectivity index (χ2n) is 8.24. The third-order valence-electron chi connectivity index (χ3n) is 5.90. The summed E-state index contributed by atoms with van der Waals surface area (Å²) < 4.78 is 5.77. The number of ether oxygens (including phenoxy) is 1. The Bertz CT molecular complexity index is 1210. The van der Waals surface area contributed by atoms with Crippen molar-refractivity contribution >= 4 is 40.9 Å². The Morgan fingerprint density at radius 1 is 1.21 bits per heavy atom. The molecule has 0 aromatic heterocycles. The van der Waals surface area contributed by atoms with E-state index >= 15 is 0 Å². The van der Waals surface area contributed by atoms with Crippen molar-refractivity contribution < 1.29 is 29.0 Å². The molecule has 0 saturated carbocycles. The highest BCUT2D eigenvalue weighted by atomic mass is 16.5. The smallest absolute Gasteiger partial charge is 0.326 e. The highest BCUT2D eigenvalue weighted by Gasteiger charge is 2.52. The van der Waals surface area contributed by atoms with Crippen LogP contribution in [0.25, 0.3) is 0 Å². The molecule has 11 heteroatoms. The zero-order chi connectivity index (χ0) is 24.6. The number of hydrogen-bond donors (Lipinski definition) is 5. The molecule has 3 amide bonds. The van der Waals surface area contributed by atoms with Gasteiger partial charge in [0.15, 0.2) is 0 Å². The number of amides is 3. The van der Waals surface area contributed by atoms with Gasteiger partial charge in [-0.05, 0) is 50.1 Å². The first-order chi connectivity index (χ1) is 16.1. The Morgan fingerprint density at radius 2 is 1.88 bits per heavy atom. The lowest BCUT2D eigenvalue weighted by atomic mass is 10.00. The van der Waals surface area contributed by atoms with Gasteiger partial charge in [0.25, 0.3) is 23.3 Å². The van der Waals surface area contributed by atoms with Gasteiger partial charge < -0.3 is 31.1 Å². The summed E-state index contributed by atoms with van der Waals surface area (Å²) in [6, 6.07) is 9.76. The van der Waals surface area contributed by atoms with E-state index in [0.717, 1.165) is 0 Å². The van der Waals surface area contributed by atoms with Crippen LogP contribution in [0.5, 0.6) is 5.75 Å². The fourth-order valence-corrected chi connectivity index (χ4v) is 3.99. The fourth-order valence-electron chi connectivity index (χ4n) is 3.99. The summed E-state index contributed by atoms with van der Waals surface area (Å²) in [7, 11) is 0. The van der Waals surface area contributed by atoms with Crippen LogP contribution < -0.4 is 21.1 Å². The van der Waals surface area contributed by atoms with Gasteiger partial charge in [-0.3, -0.25) is 19.8 Å². The predicted octanol–water partition coefficient (Wildman–Crippen LogP) is 1.39.